The van der Waals surface area contributed by atoms with E-state index in [-0.39, 0.29) is 54.0 Å². The lowest BCUT2D eigenvalue weighted by Crippen LogP contribution is -2.50. The minimum Gasteiger partial charge on any atom is -0.487 e. The van der Waals surface area contributed by atoms with Gasteiger partial charge in [-0.15, -0.1) is 11.3 Å². The maximum Gasteiger partial charge on any atom is 0.311 e. The molecule has 0 radical (unpaired) electrons. The lowest BCUT2D eigenvalue weighted by atomic mass is 10.1. The molecule has 1 aromatic heterocycles. The molecule has 1 fully saturated rings. The van der Waals surface area contributed by atoms with Gasteiger partial charge in [-0.25, -0.2) is 8.42 Å². The number of amides is 1. The second-order valence-corrected chi connectivity index (χ2v) is 10.0. The van der Waals surface area contributed by atoms with Gasteiger partial charge < -0.3 is 9.64 Å². The van der Waals surface area contributed by atoms with E-state index in [0.717, 1.165) is 11.3 Å². The zero-order valence-electron chi connectivity index (χ0n) is 15.4. The van der Waals surface area contributed by atoms with Crippen LogP contribution in [0.2, 0.25) is 4.34 Å². The summed E-state index contributed by atoms with van der Waals surface area (Å²) in [5, 5.41) is 11.3. The van der Waals surface area contributed by atoms with Crippen molar-refractivity contribution in [2.75, 3.05) is 32.8 Å². The van der Waals surface area contributed by atoms with Gasteiger partial charge in [-0.2, -0.15) is 4.31 Å². The molecule has 2 aromatic rings. The summed E-state index contributed by atoms with van der Waals surface area (Å²) >= 11 is 6.81. The van der Waals surface area contributed by atoms with Crippen LogP contribution in [0, 0.1) is 10.1 Å². The molecule has 1 saturated heterocycles. The van der Waals surface area contributed by atoms with Crippen molar-refractivity contribution in [1.82, 2.24) is 9.21 Å². The standard InChI is InChI=1S/C17H18ClN3O6S2/c1-2-27-14-4-3-12(11-13(14)21(23)24)17(22)19-7-9-20(10-8-19)29(25,26)16-6-5-15(18)28-16/h3-6,11H,2,7-10H2,1H3. The van der Waals surface area contributed by atoms with Crippen molar-refractivity contribution in [3.05, 3.63) is 50.3 Å². The van der Waals surface area contributed by atoms with Crippen molar-refractivity contribution < 1.29 is 22.9 Å². The van der Waals surface area contributed by atoms with E-state index in [1.54, 1.807) is 6.92 Å². The molecule has 29 heavy (non-hydrogen) atoms. The van der Waals surface area contributed by atoms with Crippen molar-refractivity contribution in [2.24, 2.45) is 0 Å². The third kappa shape index (κ3) is 4.53. The average molecular weight is 460 g/mol. The SMILES string of the molecule is CCOc1ccc(C(=O)N2CCN(S(=O)(=O)c3ccc(Cl)s3)CC2)cc1[N+](=O)[O-]. The molecule has 1 amide bonds. The van der Waals surface area contributed by atoms with Crippen LogP contribution in [-0.2, 0) is 10.0 Å². The highest BCUT2D eigenvalue weighted by atomic mass is 35.5. The molecule has 0 spiro atoms. The highest BCUT2D eigenvalue weighted by Crippen LogP contribution is 2.30. The number of hydrogen-bond donors (Lipinski definition) is 0. The molecule has 0 atom stereocenters. The van der Waals surface area contributed by atoms with Crippen molar-refractivity contribution in [2.45, 2.75) is 11.1 Å². The number of piperazine rings is 1. The molecule has 0 N–H and O–H groups in total. The van der Waals surface area contributed by atoms with Gasteiger partial charge in [0.25, 0.3) is 15.9 Å². The van der Waals surface area contributed by atoms with Gasteiger partial charge in [0.2, 0.25) is 0 Å². The molecular weight excluding hydrogens is 442 g/mol. The van der Waals surface area contributed by atoms with Gasteiger partial charge in [0.1, 0.15) is 4.21 Å². The number of thiophene rings is 1. The highest BCUT2D eigenvalue weighted by Gasteiger charge is 2.32. The van der Waals surface area contributed by atoms with E-state index in [4.69, 9.17) is 16.3 Å². The highest BCUT2D eigenvalue weighted by molar-refractivity contribution is 7.91. The van der Waals surface area contributed by atoms with E-state index in [9.17, 15) is 23.3 Å². The number of halogens is 1. The van der Waals surface area contributed by atoms with Gasteiger partial charge >= 0.3 is 5.69 Å². The summed E-state index contributed by atoms with van der Waals surface area (Å²) in [5.41, 5.74) is -0.130. The minimum atomic E-state index is -3.66. The smallest absolute Gasteiger partial charge is 0.311 e. The zero-order valence-corrected chi connectivity index (χ0v) is 17.8. The van der Waals surface area contributed by atoms with Crippen molar-refractivity contribution in [1.29, 1.82) is 0 Å². The minimum absolute atomic E-state index is 0.0968. The second kappa shape index (κ2) is 8.66. The maximum atomic E-state index is 12.8. The van der Waals surface area contributed by atoms with Crippen molar-refractivity contribution in [3.63, 3.8) is 0 Å². The Morgan fingerprint density at radius 1 is 1.24 bits per heavy atom. The molecule has 2 heterocycles. The fourth-order valence-electron chi connectivity index (χ4n) is 2.95. The summed E-state index contributed by atoms with van der Waals surface area (Å²) in [7, 11) is -3.66. The van der Waals surface area contributed by atoms with E-state index in [1.165, 1.54) is 39.5 Å². The molecular formula is C17H18ClN3O6S2. The Bertz CT molecular complexity index is 1030. The van der Waals surface area contributed by atoms with E-state index in [2.05, 4.69) is 0 Å². The number of ether oxygens (including phenoxy) is 1. The summed E-state index contributed by atoms with van der Waals surface area (Å²) in [6.07, 6.45) is 0. The predicted molar refractivity (Wildman–Crippen MR) is 108 cm³/mol. The normalized spacial score (nSPS) is 15.3. The number of nitrogens with zero attached hydrogens (tertiary/aromatic N) is 3. The first-order valence-corrected chi connectivity index (χ1v) is 11.3. The molecule has 0 bridgehead atoms. The fourth-order valence-corrected chi connectivity index (χ4v) is 6.01. The molecule has 0 unspecified atom stereocenters. The molecule has 0 aliphatic carbocycles. The molecule has 1 aromatic carbocycles. The largest absolute Gasteiger partial charge is 0.487 e. The predicted octanol–water partition coefficient (Wildman–Crippen LogP) is 2.86. The molecule has 156 valence electrons. The quantitative estimate of drug-likeness (QED) is 0.485. The van der Waals surface area contributed by atoms with Gasteiger partial charge in [-0.05, 0) is 31.2 Å². The lowest BCUT2D eigenvalue weighted by molar-refractivity contribution is -0.385. The monoisotopic (exact) mass is 459 g/mol. The molecule has 12 heteroatoms. The van der Waals surface area contributed by atoms with Gasteiger partial charge in [-0.1, -0.05) is 11.6 Å². The van der Waals surface area contributed by atoms with Crippen LogP contribution in [0.5, 0.6) is 5.75 Å². The fraction of sp³-hybridized carbons (Fsp3) is 0.353. The summed E-state index contributed by atoms with van der Waals surface area (Å²) in [5.74, 6) is -0.299. The Balaban J connectivity index is 1.72. The number of carbonyl (C=O) groups excluding carboxylic acids is 1. The van der Waals surface area contributed by atoms with E-state index < -0.39 is 20.9 Å². The number of rotatable bonds is 6. The van der Waals surface area contributed by atoms with Crippen LogP contribution in [0.3, 0.4) is 0 Å². The zero-order chi connectivity index (χ0) is 21.2. The van der Waals surface area contributed by atoms with Crippen LogP contribution >= 0.6 is 22.9 Å². The Morgan fingerprint density at radius 3 is 2.48 bits per heavy atom. The Kier molecular flexibility index (Phi) is 6.42. The summed E-state index contributed by atoms with van der Waals surface area (Å²) < 4.78 is 32.4. The van der Waals surface area contributed by atoms with Crippen molar-refractivity contribution in [3.8, 4) is 5.75 Å². The Morgan fingerprint density at radius 2 is 1.93 bits per heavy atom. The second-order valence-electron chi connectivity index (χ2n) is 6.13. The first-order chi connectivity index (χ1) is 13.7. The van der Waals surface area contributed by atoms with Gasteiger partial charge in [0.15, 0.2) is 5.75 Å². The van der Waals surface area contributed by atoms with Crippen LogP contribution in [-0.4, -0.2) is 61.2 Å². The molecule has 9 nitrogen and oxygen atoms in total. The molecule has 3 rings (SSSR count). The molecule has 0 saturated carbocycles. The average Bonchev–Trinajstić information content (AvgIpc) is 3.15. The van der Waals surface area contributed by atoms with Gasteiger partial charge in [0, 0.05) is 37.8 Å². The first-order valence-electron chi connectivity index (χ1n) is 8.70. The number of carbonyl (C=O) groups is 1. The Hall–Kier alpha value is -2.21. The number of nitro benzene ring substituents is 1. The van der Waals surface area contributed by atoms with Crippen LogP contribution in [0.1, 0.15) is 17.3 Å². The molecule has 1 aliphatic heterocycles. The van der Waals surface area contributed by atoms with Crippen LogP contribution in [0.25, 0.3) is 0 Å². The summed E-state index contributed by atoms with van der Waals surface area (Å²) in [4.78, 5) is 24.9. The Labute approximate surface area is 176 Å². The maximum absolute atomic E-state index is 12.8. The van der Waals surface area contributed by atoms with Gasteiger partial charge in [-0.3, -0.25) is 14.9 Å². The van der Waals surface area contributed by atoms with Gasteiger partial charge in [0.05, 0.1) is 15.9 Å². The van der Waals surface area contributed by atoms with E-state index in [1.807, 2.05) is 0 Å². The van der Waals surface area contributed by atoms with Crippen molar-refractivity contribution >= 4 is 44.6 Å². The number of hydrogen-bond acceptors (Lipinski definition) is 7. The van der Waals surface area contributed by atoms with Crippen LogP contribution in [0.4, 0.5) is 5.69 Å². The third-order valence-corrected chi connectivity index (χ3v) is 7.97. The topological polar surface area (TPSA) is 110 Å². The summed E-state index contributed by atoms with van der Waals surface area (Å²) in [6.45, 7) is 2.59. The number of nitro groups is 1. The molecule has 1 aliphatic rings. The number of benzene rings is 1. The third-order valence-electron chi connectivity index (χ3n) is 4.37. The first kappa shape index (κ1) is 21.5. The van der Waals surface area contributed by atoms with E-state index in [0.29, 0.717) is 4.34 Å². The number of sulfonamides is 1. The summed E-state index contributed by atoms with van der Waals surface area (Å²) in [6, 6.07) is 7.04. The van der Waals surface area contributed by atoms with Crippen LogP contribution in [0.15, 0.2) is 34.5 Å². The van der Waals surface area contributed by atoms with Crippen LogP contribution < -0.4 is 4.74 Å². The van der Waals surface area contributed by atoms with E-state index >= 15 is 0 Å². The lowest BCUT2D eigenvalue weighted by Gasteiger charge is -2.33.